The maximum Gasteiger partial charge on any atom is 0.137 e. The Labute approximate surface area is 140 Å². The maximum absolute atomic E-state index is 12.8. The molecule has 0 aromatic heterocycles. The van der Waals surface area contributed by atoms with Gasteiger partial charge in [-0.25, -0.2) is 0 Å². The van der Waals surface area contributed by atoms with Crippen LogP contribution in [-0.2, 0) is 4.79 Å². The van der Waals surface area contributed by atoms with E-state index in [1.165, 1.54) is 0 Å². The summed E-state index contributed by atoms with van der Waals surface area (Å²) in [4.78, 5) is 12.8. The molecule has 0 aromatic carbocycles. The van der Waals surface area contributed by atoms with Crippen molar-refractivity contribution >= 4 is 5.78 Å². The molecule has 0 aliphatic heterocycles. The van der Waals surface area contributed by atoms with Gasteiger partial charge in [-0.2, -0.15) is 0 Å². The lowest BCUT2D eigenvalue weighted by Crippen LogP contribution is -2.62. The minimum atomic E-state index is -0.589. The Morgan fingerprint density at radius 3 is 2.48 bits per heavy atom. The third-order valence-corrected chi connectivity index (χ3v) is 8.33. The number of hydrogen-bond acceptors (Lipinski definition) is 3. The summed E-state index contributed by atoms with van der Waals surface area (Å²) < 4.78 is 0. The average molecular weight is 320 g/mol. The second-order valence-corrected chi connectivity index (χ2v) is 9.10. The molecule has 3 nitrogen and oxygen atoms in total. The van der Waals surface area contributed by atoms with Crippen molar-refractivity contribution in [2.75, 3.05) is 0 Å². The molecule has 3 saturated carbocycles. The zero-order chi connectivity index (χ0) is 17.2. The zero-order valence-electron chi connectivity index (χ0n) is 15.0. The van der Waals surface area contributed by atoms with Gasteiger partial charge in [0.05, 0.1) is 12.2 Å². The minimum Gasteiger partial charge on any atom is -0.392 e. The van der Waals surface area contributed by atoms with E-state index in [4.69, 9.17) is 0 Å². The summed E-state index contributed by atoms with van der Waals surface area (Å²) in [5.41, 5.74) is -1.07. The summed E-state index contributed by atoms with van der Waals surface area (Å²) in [6.07, 6.45) is 4.60. The van der Waals surface area contributed by atoms with Crippen LogP contribution in [0.4, 0.5) is 0 Å². The highest BCUT2D eigenvalue weighted by Crippen LogP contribution is 2.67. The average Bonchev–Trinajstić information content (AvgIpc) is 2.87. The zero-order valence-corrected chi connectivity index (χ0v) is 15.0. The second kappa shape index (κ2) is 5.16. The molecule has 0 saturated heterocycles. The predicted octanol–water partition coefficient (Wildman–Crippen LogP) is 3.34. The summed E-state index contributed by atoms with van der Waals surface area (Å²) in [5.74, 6) is 0.544. The van der Waals surface area contributed by atoms with Crippen molar-refractivity contribution in [2.24, 2.45) is 34.0 Å². The monoisotopic (exact) mass is 320 g/mol. The van der Waals surface area contributed by atoms with Crippen LogP contribution >= 0.6 is 0 Å². The predicted molar refractivity (Wildman–Crippen MR) is 90.8 cm³/mol. The molecule has 0 spiro atoms. The minimum absolute atomic E-state index is 0.0428. The van der Waals surface area contributed by atoms with E-state index in [1.807, 2.05) is 13.0 Å². The highest BCUT2D eigenvalue weighted by molar-refractivity contribution is 5.85. The molecule has 2 N–H and O–H groups in total. The normalized spacial score (nSPS) is 56.6. The molecule has 0 radical (unpaired) electrons. The number of carbonyl (C=O) groups is 1. The summed E-state index contributed by atoms with van der Waals surface area (Å²) >= 11 is 0. The Kier molecular flexibility index (Phi) is 3.85. The number of rotatable bonds is 1. The number of aliphatic hydroxyl groups excluding tert-OH is 2. The lowest BCUT2D eigenvalue weighted by atomic mass is 9.44. The molecule has 2 bridgehead atoms. The molecule has 3 fully saturated rings. The molecule has 3 rings (SSSR count). The number of aliphatic hydroxyl groups is 2. The topological polar surface area (TPSA) is 57.5 Å². The SMILES string of the molecule is C=C[C@]1(C)C[C@@H](O)C2(C)[C@H](C)CC[C@]3(CCC(=O)[C@@H]23)[C@@H](C)[C@@H]1O. The molecule has 3 heteroatoms. The van der Waals surface area contributed by atoms with Gasteiger partial charge in [-0.15, -0.1) is 6.58 Å². The van der Waals surface area contributed by atoms with Crippen molar-refractivity contribution in [3.8, 4) is 0 Å². The van der Waals surface area contributed by atoms with Gasteiger partial charge in [0.15, 0.2) is 0 Å². The number of carbonyl (C=O) groups excluding carboxylic acids is 1. The number of hydrogen-bond donors (Lipinski definition) is 2. The molecule has 130 valence electrons. The first-order valence-electron chi connectivity index (χ1n) is 9.16. The van der Waals surface area contributed by atoms with E-state index in [2.05, 4.69) is 27.4 Å². The second-order valence-electron chi connectivity index (χ2n) is 9.10. The quantitative estimate of drug-likeness (QED) is 0.729. The van der Waals surface area contributed by atoms with Crippen LogP contribution in [0.15, 0.2) is 12.7 Å². The van der Waals surface area contributed by atoms with E-state index >= 15 is 0 Å². The van der Waals surface area contributed by atoms with Crippen molar-refractivity contribution in [2.45, 2.75) is 72.0 Å². The van der Waals surface area contributed by atoms with E-state index in [0.29, 0.717) is 24.5 Å². The number of ketones is 1. The fourth-order valence-electron chi connectivity index (χ4n) is 6.37. The van der Waals surface area contributed by atoms with Crippen LogP contribution in [0.1, 0.15) is 59.8 Å². The largest absolute Gasteiger partial charge is 0.392 e. The van der Waals surface area contributed by atoms with Gasteiger partial charge in [0.2, 0.25) is 0 Å². The Morgan fingerprint density at radius 2 is 1.87 bits per heavy atom. The molecule has 8 atom stereocenters. The lowest BCUT2D eigenvalue weighted by molar-refractivity contribution is -0.191. The van der Waals surface area contributed by atoms with Crippen LogP contribution in [0.25, 0.3) is 0 Å². The Morgan fingerprint density at radius 1 is 1.22 bits per heavy atom. The van der Waals surface area contributed by atoms with Crippen LogP contribution in [0.3, 0.4) is 0 Å². The van der Waals surface area contributed by atoms with Crippen molar-refractivity contribution < 1.29 is 15.0 Å². The van der Waals surface area contributed by atoms with Crippen LogP contribution < -0.4 is 0 Å². The van der Waals surface area contributed by atoms with Gasteiger partial charge in [0.25, 0.3) is 0 Å². The van der Waals surface area contributed by atoms with E-state index in [9.17, 15) is 15.0 Å². The van der Waals surface area contributed by atoms with Gasteiger partial charge in [-0.3, -0.25) is 4.79 Å². The summed E-state index contributed by atoms with van der Waals surface area (Å²) in [5, 5.41) is 22.3. The van der Waals surface area contributed by atoms with Crippen LogP contribution in [-0.4, -0.2) is 28.2 Å². The smallest absolute Gasteiger partial charge is 0.137 e. The fourth-order valence-corrected chi connectivity index (χ4v) is 6.37. The molecular weight excluding hydrogens is 288 g/mol. The van der Waals surface area contributed by atoms with Crippen molar-refractivity contribution in [1.82, 2.24) is 0 Å². The summed E-state index contributed by atoms with van der Waals surface area (Å²) in [6, 6.07) is 0. The molecule has 0 amide bonds. The van der Waals surface area contributed by atoms with Crippen molar-refractivity contribution in [3.63, 3.8) is 0 Å². The summed E-state index contributed by atoms with van der Waals surface area (Å²) in [7, 11) is 0. The van der Waals surface area contributed by atoms with E-state index in [1.54, 1.807) is 0 Å². The first-order chi connectivity index (χ1) is 10.6. The summed E-state index contributed by atoms with van der Waals surface area (Å²) in [6.45, 7) is 12.4. The van der Waals surface area contributed by atoms with Crippen LogP contribution in [0, 0.1) is 34.0 Å². The Hall–Kier alpha value is -0.670. The van der Waals surface area contributed by atoms with E-state index in [0.717, 1.165) is 19.3 Å². The standard InChI is InChI=1S/C20H32O3/c1-6-18(4)11-15(22)19(5)12(2)7-9-20(13(3)17(18)23)10-8-14(21)16(19)20/h6,12-13,15-17,22-23H,1,7-11H2,2-5H3/t12-,13+,15-,16+,17+,18-,19?,20+/m1/s1. The van der Waals surface area contributed by atoms with E-state index in [-0.39, 0.29) is 17.3 Å². The molecule has 3 aliphatic carbocycles. The molecular formula is C20H32O3. The highest BCUT2D eigenvalue weighted by Gasteiger charge is 2.67. The van der Waals surface area contributed by atoms with Gasteiger partial charge in [0, 0.05) is 23.2 Å². The van der Waals surface area contributed by atoms with Gasteiger partial charge in [0.1, 0.15) is 5.78 Å². The molecule has 1 unspecified atom stereocenters. The van der Waals surface area contributed by atoms with Crippen LogP contribution in [0.2, 0.25) is 0 Å². The van der Waals surface area contributed by atoms with Crippen LogP contribution in [0.5, 0.6) is 0 Å². The lowest BCUT2D eigenvalue weighted by Gasteiger charge is -2.61. The molecule has 0 aromatic rings. The van der Waals surface area contributed by atoms with Crippen molar-refractivity contribution in [3.05, 3.63) is 12.7 Å². The van der Waals surface area contributed by atoms with Crippen molar-refractivity contribution in [1.29, 1.82) is 0 Å². The van der Waals surface area contributed by atoms with E-state index < -0.39 is 23.0 Å². The third kappa shape index (κ3) is 1.99. The Balaban J connectivity index is 2.21. The molecule has 3 aliphatic rings. The van der Waals surface area contributed by atoms with Gasteiger partial charge in [-0.1, -0.05) is 33.8 Å². The molecule has 0 heterocycles. The Bertz CT molecular complexity index is 529. The number of Topliss-reactive ketones (excluding diaryl/α,β-unsaturated/α-hetero) is 1. The highest BCUT2D eigenvalue weighted by atomic mass is 16.3. The molecule has 23 heavy (non-hydrogen) atoms. The maximum atomic E-state index is 12.8. The first-order valence-corrected chi connectivity index (χ1v) is 9.16. The van der Waals surface area contributed by atoms with Gasteiger partial charge in [-0.05, 0) is 42.9 Å². The fraction of sp³-hybridized carbons (Fsp3) is 0.850. The van der Waals surface area contributed by atoms with Gasteiger partial charge < -0.3 is 10.2 Å². The third-order valence-electron chi connectivity index (χ3n) is 8.33. The van der Waals surface area contributed by atoms with Gasteiger partial charge >= 0.3 is 0 Å². The first kappa shape index (κ1) is 17.2.